The molecule has 0 bridgehead atoms. The van der Waals surface area contributed by atoms with Crippen LogP contribution in [0.2, 0.25) is 0 Å². The molecule has 1 aliphatic rings. The maximum atomic E-state index is 13.9. The van der Waals surface area contributed by atoms with Crippen LogP contribution in [0.25, 0.3) is 0 Å². The minimum atomic E-state index is -0.718. The molecule has 0 spiro atoms. The second-order valence-corrected chi connectivity index (χ2v) is 4.84. The van der Waals surface area contributed by atoms with Crippen molar-refractivity contribution in [1.82, 2.24) is 0 Å². The number of nitro benzene ring substituents is 1. The molecule has 0 heterocycles. The predicted octanol–water partition coefficient (Wildman–Crippen LogP) is 2.40. The Morgan fingerprint density at radius 2 is 2.24 bits per heavy atom. The summed E-state index contributed by atoms with van der Waals surface area (Å²) in [4.78, 5) is 9.94. The van der Waals surface area contributed by atoms with Crippen LogP contribution in [0.1, 0.15) is 25.3 Å². The molecule has 17 heavy (non-hydrogen) atoms. The van der Waals surface area contributed by atoms with E-state index < -0.39 is 16.4 Å². The highest BCUT2D eigenvalue weighted by Crippen LogP contribution is 2.51. The van der Waals surface area contributed by atoms with Crippen LogP contribution >= 0.6 is 0 Å². The summed E-state index contributed by atoms with van der Waals surface area (Å²) in [6.45, 7) is 1.91. The number of nitro groups is 1. The van der Waals surface area contributed by atoms with E-state index in [2.05, 4.69) is 0 Å². The van der Waals surface area contributed by atoms with Gasteiger partial charge in [0, 0.05) is 12.1 Å². The lowest BCUT2D eigenvalue weighted by Gasteiger charge is -2.19. The topological polar surface area (TPSA) is 69.2 Å². The molecular weight excluding hydrogens is 223 g/mol. The van der Waals surface area contributed by atoms with E-state index in [0.717, 1.165) is 12.8 Å². The van der Waals surface area contributed by atoms with Gasteiger partial charge in [-0.3, -0.25) is 10.1 Å². The van der Waals surface area contributed by atoms with Crippen LogP contribution in [0.4, 0.5) is 10.1 Å². The molecule has 1 fully saturated rings. The largest absolute Gasteiger partial charge is 0.327 e. The fraction of sp³-hybridized carbons (Fsp3) is 0.500. The van der Waals surface area contributed by atoms with Gasteiger partial charge in [0.15, 0.2) is 0 Å². The van der Waals surface area contributed by atoms with Crippen molar-refractivity contribution in [2.45, 2.75) is 32.2 Å². The Kier molecular flexibility index (Phi) is 2.87. The summed E-state index contributed by atoms with van der Waals surface area (Å²) < 4.78 is 13.9. The highest BCUT2D eigenvalue weighted by molar-refractivity contribution is 5.37. The molecule has 2 N–H and O–H groups in total. The van der Waals surface area contributed by atoms with Crippen molar-refractivity contribution in [3.8, 4) is 0 Å². The summed E-state index contributed by atoms with van der Waals surface area (Å²) in [5.74, 6) is -0.718. The van der Waals surface area contributed by atoms with Crippen LogP contribution in [0.15, 0.2) is 18.2 Å². The first-order chi connectivity index (χ1) is 7.96. The average Bonchev–Trinajstić information content (AvgIpc) is 3.02. The predicted molar refractivity (Wildman–Crippen MR) is 62.1 cm³/mol. The maximum absolute atomic E-state index is 13.9. The summed E-state index contributed by atoms with van der Waals surface area (Å²) in [6.07, 6.45) is 2.41. The smallest absolute Gasteiger partial charge is 0.305 e. The lowest BCUT2D eigenvalue weighted by molar-refractivity contribution is -0.387. The molecule has 5 heteroatoms. The number of nitrogens with zero attached hydrogens (tertiary/aromatic N) is 1. The van der Waals surface area contributed by atoms with Crippen LogP contribution < -0.4 is 5.73 Å². The Labute approximate surface area is 98.8 Å². The van der Waals surface area contributed by atoms with Crippen LogP contribution in [0.5, 0.6) is 0 Å². The molecular formula is C12H15FN2O2. The van der Waals surface area contributed by atoms with Crippen molar-refractivity contribution in [2.24, 2.45) is 11.1 Å². The van der Waals surface area contributed by atoms with Gasteiger partial charge in [-0.05, 0) is 37.2 Å². The summed E-state index contributed by atoms with van der Waals surface area (Å²) in [5, 5.41) is 10.6. The Balaban J connectivity index is 2.28. The van der Waals surface area contributed by atoms with E-state index in [1.165, 1.54) is 12.1 Å². The van der Waals surface area contributed by atoms with Crippen molar-refractivity contribution in [2.75, 3.05) is 0 Å². The zero-order valence-corrected chi connectivity index (χ0v) is 9.65. The molecule has 1 aromatic carbocycles. The monoisotopic (exact) mass is 238 g/mol. The average molecular weight is 238 g/mol. The quantitative estimate of drug-likeness (QED) is 0.646. The Hall–Kier alpha value is -1.49. The maximum Gasteiger partial charge on any atom is 0.305 e. The Bertz CT molecular complexity index is 456. The molecule has 0 amide bonds. The lowest BCUT2D eigenvalue weighted by Crippen LogP contribution is -2.30. The Morgan fingerprint density at radius 1 is 1.59 bits per heavy atom. The second kappa shape index (κ2) is 4.07. The number of hydrogen-bond acceptors (Lipinski definition) is 3. The standard InChI is InChI=1S/C12H15FN2O2/c1-8(14)12(5-6-12)7-9-3-2-4-10(11(9)13)15(16)17/h2-4,8H,5-7,14H2,1H3. The minimum absolute atomic E-state index is 0.0128. The van der Waals surface area contributed by atoms with Crippen LogP contribution in [0.3, 0.4) is 0 Å². The number of halogens is 1. The zero-order valence-electron chi connectivity index (χ0n) is 9.65. The van der Waals surface area contributed by atoms with Gasteiger partial charge in [-0.15, -0.1) is 0 Å². The van der Waals surface area contributed by atoms with Crippen molar-refractivity contribution < 1.29 is 9.31 Å². The normalized spacial score (nSPS) is 18.8. The third-order valence-electron chi connectivity index (χ3n) is 3.66. The number of benzene rings is 1. The fourth-order valence-electron chi connectivity index (χ4n) is 2.18. The Morgan fingerprint density at radius 3 is 2.71 bits per heavy atom. The number of rotatable bonds is 4. The van der Waals surface area contributed by atoms with Gasteiger partial charge in [-0.1, -0.05) is 12.1 Å². The van der Waals surface area contributed by atoms with E-state index in [4.69, 9.17) is 5.73 Å². The van der Waals surface area contributed by atoms with E-state index in [1.54, 1.807) is 6.07 Å². The van der Waals surface area contributed by atoms with Gasteiger partial charge in [0.1, 0.15) is 0 Å². The van der Waals surface area contributed by atoms with Gasteiger partial charge in [0.2, 0.25) is 5.82 Å². The van der Waals surface area contributed by atoms with E-state index >= 15 is 0 Å². The molecule has 92 valence electrons. The van der Waals surface area contributed by atoms with Gasteiger partial charge in [-0.2, -0.15) is 4.39 Å². The third kappa shape index (κ3) is 2.15. The van der Waals surface area contributed by atoms with E-state index in [0.29, 0.717) is 12.0 Å². The molecule has 1 saturated carbocycles. The molecule has 1 aromatic rings. The highest BCUT2D eigenvalue weighted by Gasteiger charge is 2.46. The molecule has 4 nitrogen and oxygen atoms in total. The first-order valence-corrected chi connectivity index (χ1v) is 5.64. The number of hydrogen-bond donors (Lipinski definition) is 1. The van der Waals surface area contributed by atoms with Crippen molar-refractivity contribution in [1.29, 1.82) is 0 Å². The van der Waals surface area contributed by atoms with E-state index in [-0.39, 0.29) is 11.5 Å². The SMILES string of the molecule is CC(N)C1(Cc2cccc([N+](=O)[O-])c2F)CC1. The van der Waals surface area contributed by atoms with Crippen molar-refractivity contribution in [3.05, 3.63) is 39.7 Å². The molecule has 1 aliphatic carbocycles. The third-order valence-corrected chi connectivity index (χ3v) is 3.66. The van der Waals surface area contributed by atoms with Gasteiger partial charge in [0.05, 0.1) is 4.92 Å². The summed E-state index contributed by atoms with van der Waals surface area (Å²) >= 11 is 0. The first-order valence-electron chi connectivity index (χ1n) is 5.64. The molecule has 0 aliphatic heterocycles. The fourth-order valence-corrected chi connectivity index (χ4v) is 2.18. The van der Waals surface area contributed by atoms with Crippen LogP contribution in [-0.2, 0) is 6.42 Å². The number of nitrogens with two attached hydrogens (primary N) is 1. The van der Waals surface area contributed by atoms with Crippen LogP contribution in [-0.4, -0.2) is 11.0 Å². The van der Waals surface area contributed by atoms with Crippen molar-refractivity contribution in [3.63, 3.8) is 0 Å². The molecule has 2 rings (SSSR count). The minimum Gasteiger partial charge on any atom is -0.327 e. The van der Waals surface area contributed by atoms with Gasteiger partial charge in [0.25, 0.3) is 0 Å². The first kappa shape index (κ1) is 12.0. The summed E-state index contributed by atoms with van der Waals surface area (Å²) in [5.41, 5.74) is 5.75. The van der Waals surface area contributed by atoms with Crippen molar-refractivity contribution >= 4 is 5.69 Å². The second-order valence-electron chi connectivity index (χ2n) is 4.84. The zero-order chi connectivity index (χ0) is 12.6. The summed E-state index contributed by atoms with van der Waals surface area (Å²) in [6, 6.07) is 4.30. The summed E-state index contributed by atoms with van der Waals surface area (Å²) in [7, 11) is 0. The van der Waals surface area contributed by atoms with Gasteiger partial charge < -0.3 is 5.73 Å². The molecule has 0 radical (unpaired) electrons. The molecule has 0 aromatic heterocycles. The lowest BCUT2D eigenvalue weighted by atomic mass is 9.90. The van der Waals surface area contributed by atoms with Gasteiger partial charge >= 0.3 is 5.69 Å². The van der Waals surface area contributed by atoms with E-state index in [9.17, 15) is 14.5 Å². The van der Waals surface area contributed by atoms with E-state index in [1.807, 2.05) is 6.92 Å². The highest BCUT2D eigenvalue weighted by atomic mass is 19.1. The molecule has 1 atom stereocenters. The molecule has 1 unspecified atom stereocenters. The van der Waals surface area contributed by atoms with Gasteiger partial charge in [-0.25, -0.2) is 0 Å². The van der Waals surface area contributed by atoms with Crippen LogP contribution in [0, 0.1) is 21.3 Å². The molecule has 0 saturated heterocycles.